The largest absolute Gasteiger partial charge is 0.503 e. The highest BCUT2D eigenvalue weighted by Crippen LogP contribution is 2.29. The van der Waals surface area contributed by atoms with Crippen molar-refractivity contribution in [1.82, 2.24) is 9.97 Å². The third kappa shape index (κ3) is 4.46. The van der Waals surface area contributed by atoms with E-state index < -0.39 is 0 Å². The number of nitrogens with one attached hydrogen (secondary N) is 2. The first-order chi connectivity index (χ1) is 9.74. The number of rotatable bonds is 3. The summed E-state index contributed by atoms with van der Waals surface area (Å²) >= 11 is 0. The van der Waals surface area contributed by atoms with Gasteiger partial charge in [0.05, 0.1) is 12.3 Å². The van der Waals surface area contributed by atoms with Crippen molar-refractivity contribution in [2.75, 3.05) is 10.6 Å². The third-order valence-corrected chi connectivity index (χ3v) is 3.75. The van der Waals surface area contributed by atoms with Gasteiger partial charge < -0.3 is 20.8 Å². The van der Waals surface area contributed by atoms with Crippen molar-refractivity contribution < 1.29 is 10.2 Å². The molecule has 0 unspecified atom stereocenters. The van der Waals surface area contributed by atoms with Gasteiger partial charge in [0.2, 0.25) is 5.95 Å². The molecule has 0 saturated heterocycles. The zero-order chi connectivity index (χ0) is 15.6. The van der Waals surface area contributed by atoms with Crippen molar-refractivity contribution >= 4 is 11.8 Å². The van der Waals surface area contributed by atoms with E-state index in [0.717, 1.165) is 12.8 Å². The van der Waals surface area contributed by atoms with E-state index in [1.54, 1.807) is 0 Å². The van der Waals surface area contributed by atoms with Crippen LogP contribution in [0.25, 0.3) is 0 Å². The van der Waals surface area contributed by atoms with Gasteiger partial charge in [0.15, 0.2) is 11.6 Å². The molecule has 0 aliphatic heterocycles. The van der Waals surface area contributed by atoms with Gasteiger partial charge in [-0.15, -0.1) is 0 Å². The molecule has 1 fully saturated rings. The highest BCUT2D eigenvalue weighted by Gasteiger charge is 2.27. The highest BCUT2D eigenvalue weighted by atomic mass is 16.3. The van der Waals surface area contributed by atoms with E-state index in [2.05, 4.69) is 27.5 Å². The van der Waals surface area contributed by atoms with Crippen LogP contribution in [-0.4, -0.2) is 37.9 Å². The number of aromatic hydroxyl groups is 1. The van der Waals surface area contributed by atoms with Crippen LogP contribution in [0.3, 0.4) is 0 Å². The Hall–Kier alpha value is -1.56. The Morgan fingerprint density at radius 2 is 2.00 bits per heavy atom. The molecule has 2 rings (SSSR count). The molecule has 0 spiro atoms. The lowest BCUT2D eigenvalue weighted by Gasteiger charge is -2.32. The normalized spacial score (nSPS) is 26.4. The second kappa shape index (κ2) is 6.05. The summed E-state index contributed by atoms with van der Waals surface area (Å²) in [6.45, 7) is 8.13. The Morgan fingerprint density at radius 3 is 2.62 bits per heavy atom. The van der Waals surface area contributed by atoms with E-state index in [1.807, 2.05) is 20.8 Å². The standard InChI is InChI=1S/C15H26N4O2/c1-9-5-6-10(7-11(9)20)17-13-12(21)8-16-14(18-13)19-15(2,3)4/h8-11,20-21H,5-7H2,1-4H3,(H2,16,17,18,19)/t9-,10-,11-/m1/s1. The molecule has 3 atom stereocenters. The van der Waals surface area contributed by atoms with Crippen LogP contribution < -0.4 is 10.6 Å². The maximum absolute atomic E-state index is 9.96. The van der Waals surface area contributed by atoms with Gasteiger partial charge >= 0.3 is 0 Å². The molecule has 1 heterocycles. The van der Waals surface area contributed by atoms with Crippen LogP contribution >= 0.6 is 0 Å². The number of aliphatic hydroxyl groups excluding tert-OH is 1. The highest BCUT2D eigenvalue weighted by molar-refractivity contribution is 5.52. The van der Waals surface area contributed by atoms with E-state index in [1.165, 1.54) is 6.20 Å². The number of aliphatic hydroxyl groups is 1. The minimum absolute atomic E-state index is 0.0302. The predicted molar refractivity (Wildman–Crippen MR) is 83.5 cm³/mol. The van der Waals surface area contributed by atoms with Crippen LogP contribution in [-0.2, 0) is 0 Å². The Kier molecular flexibility index (Phi) is 4.56. The first kappa shape index (κ1) is 15.8. The molecule has 6 heteroatoms. The lowest BCUT2D eigenvalue weighted by molar-refractivity contribution is 0.0739. The molecule has 21 heavy (non-hydrogen) atoms. The molecule has 0 amide bonds. The predicted octanol–water partition coefficient (Wildman–Crippen LogP) is 2.35. The van der Waals surface area contributed by atoms with Crippen LogP contribution in [0.1, 0.15) is 47.0 Å². The van der Waals surface area contributed by atoms with Crippen LogP contribution in [0.2, 0.25) is 0 Å². The fourth-order valence-electron chi connectivity index (χ4n) is 2.50. The maximum Gasteiger partial charge on any atom is 0.225 e. The van der Waals surface area contributed by atoms with Crippen molar-refractivity contribution in [3.8, 4) is 5.75 Å². The van der Waals surface area contributed by atoms with Crippen molar-refractivity contribution in [3.05, 3.63) is 6.20 Å². The maximum atomic E-state index is 9.96. The Balaban J connectivity index is 2.07. The van der Waals surface area contributed by atoms with Gasteiger partial charge in [0.1, 0.15) is 0 Å². The molecule has 118 valence electrons. The minimum Gasteiger partial charge on any atom is -0.503 e. The molecule has 1 aliphatic carbocycles. The summed E-state index contributed by atoms with van der Waals surface area (Å²) in [5, 5.41) is 26.3. The van der Waals surface area contributed by atoms with Gasteiger partial charge in [0.25, 0.3) is 0 Å². The second-order valence-electron chi connectivity index (χ2n) is 7.00. The van der Waals surface area contributed by atoms with Crippen LogP contribution in [0.15, 0.2) is 6.20 Å². The second-order valence-corrected chi connectivity index (χ2v) is 7.00. The zero-order valence-corrected chi connectivity index (χ0v) is 13.2. The van der Waals surface area contributed by atoms with Crippen molar-refractivity contribution in [2.45, 2.75) is 64.6 Å². The number of anilines is 2. The summed E-state index contributed by atoms with van der Waals surface area (Å²) in [5.41, 5.74) is -0.148. The zero-order valence-electron chi connectivity index (χ0n) is 13.2. The average Bonchev–Trinajstić information content (AvgIpc) is 2.36. The molecule has 6 nitrogen and oxygen atoms in total. The average molecular weight is 294 g/mol. The molecular weight excluding hydrogens is 268 g/mol. The summed E-state index contributed by atoms with van der Waals surface area (Å²) in [6.07, 6.45) is 3.70. The van der Waals surface area contributed by atoms with Crippen molar-refractivity contribution in [3.63, 3.8) is 0 Å². The van der Waals surface area contributed by atoms with E-state index in [-0.39, 0.29) is 23.4 Å². The number of hydrogen-bond donors (Lipinski definition) is 4. The quantitative estimate of drug-likeness (QED) is 0.684. The molecule has 1 aromatic heterocycles. The third-order valence-electron chi connectivity index (χ3n) is 3.75. The summed E-state index contributed by atoms with van der Waals surface area (Å²) in [7, 11) is 0. The van der Waals surface area contributed by atoms with Gasteiger partial charge in [0, 0.05) is 11.6 Å². The lowest BCUT2D eigenvalue weighted by Crippen LogP contribution is -2.35. The van der Waals surface area contributed by atoms with Gasteiger partial charge in [-0.2, -0.15) is 4.98 Å². The fraction of sp³-hybridized carbons (Fsp3) is 0.733. The first-order valence-corrected chi connectivity index (χ1v) is 7.53. The molecule has 1 aliphatic rings. The summed E-state index contributed by atoms with van der Waals surface area (Å²) in [5.74, 6) is 1.26. The van der Waals surface area contributed by atoms with Gasteiger partial charge in [-0.1, -0.05) is 6.92 Å². The van der Waals surface area contributed by atoms with E-state index in [9.17, 15) is 10.2 Å². The molecule has 0 aromatic carbocycles. The van der Waals surface area contributed by atoms with E-state index in [4.69, 9.17) is 0 Å². The Labute approximate surface area is 126 Å². The molecule has 1 aromatic rings. The monoisotopic (exact) mass is 294 g/mol. The Morgan fingerprint density at radius 1 is 1.29 bits per heavy atom. The molecule has 0 bridgehead atoms. The van der Waals surface area contributed by atoms with Crippen molar-refractivity contribution in [2.24, 2.45) is 5.92 Å². The van der Waals surface area contributed by atoms with Gasteiger partial charge in [-0.05, 0) is 46.0 Å². The number of hydrogen-bond acceptors (Lipinski definition) is 6. The molecule has 1 saturated carbocycles. The van der Waals surface area contributed by atoms with Gasteiger partial charge in [-0.3, -0.25) is 0 Å². The van der Waals surface area contributed by atoms with Gasteiger partial charge in [-0.25, -0.2) is 4.98 Å². The summed E-state index contributed by atoms with van der Waals surface area (Å²) in [4.78, 5) is 8.41. The van der Waals surface area contributed by atoms with E-state index >= 15 is 0 Å². The summed E-state index contributed by atoms with van der Waals surface area (Å²) < 4.78 is 0. The van der Waals surface area contributed by atoms with Crippen molar-refractivity contribution in [1.29, 1.82) is 0 Å². The molecule has 0 radical (unpaired) electrons. The summed E-state index contributed by atoms with van der Waals surface area (Å²) in [6, 6.07) is 0.125. The van der Waals surface area contributed by atoms with Crippen LogP contribution in [0, 0.1) is 5.92 Å². The topological polar surface area (TPSA) is 90.3 Å². The fourth-order valence-corrected chi connectivity index (χ4v) is 2.50. The first-order valence-electron chi connectivity index (χ1n) is 7.53. The Bertz CT molecular complexity index is 487. The smallest absolute Gasteiger partial charge is 0.225 e. The molecule has 4 N–H and O–H groups in total. The SMILES string of the molecule is C[C@@H]1CC[C@@H](Nc2nc(NC(C)(C)C)ncc2O)C[C@H]1O. The van der Waals surface area contributed by atoms with E-state index in [0.29, 0.717) is 24.1 Å². The van der Waals surface area contributed by atoms with Crippen LogP contribution in [0.4, 0.5) is 11.8 Å². The van der Waals surface area contributed by atoms with Crippen LogP contribution in [0.5, 0.6) is 5.75 Å². The molecular formula is C15H26N4O2. The lowest BCUT2D eigenvalue weighted by atomic mass is 9.85. The number of nitrogens with zero attached hydrogens (tertiary/aromatic N) is 2. The number of aromatic nitrogens is 2. The minimum atomic E-state index is -0.299.